The highest BCUT2D eigenvalue weighted by atomic mass is 32.2. The van der Waals surface area contributed by atoms with Crippen molar-refractivity contribution < 1.29 is 4.79 Å². The van der Waals surface area contributed by atoms with Gasteiger partial charge in [0, 0.05) is 6.42 Å². The summed E-state index contributed by atoms with van der Waals surface area (Å²) in [6.45, 7) is 6.31. The monoisotopic (exact) mass is 174 g/mol. The molecule has 0 atom stereocenters. The molecule has 0 aromatic rings. The fraction of sp³-hybridized carbons (Fsp3) is 0.889. The van der Waals surface area contributed by atoms with Crippen molar-refractivity contribution >= 4 is 17.5 Å². The Morgan fingerprint density at radius 3 is 2.55 bits per heavy atom. The zero-order chi connectivity index (χ0) is 8.69. The molecule has 0 aliphatic rings. The van der Waals surface area contributed by atoms with Gasteiger partial charge in [0.25, 0.3) is 0 Å². The maximum absolute atomic E-state index is 11.1. The summed E-state index contributed by atoms with van der Waals surface area (Å²) in [7, 11) is 0. The first kappa shape index (κ1) is 11.0. The normalized spacial score (nSPS) is 10.5. The molecule has 0 heterocycles. The zero-order valence-electron chi connectivity index (χ0n) is 7.72. The number of Topliss-reactive ketones (excluding diaryl/α,β-unsaturated/α-hetero) is 1. The van der Waals surface area contributed by atoms with Crippen molar-refractivity contribution in [2.45, 2.75) is 33.6 Å². The second-order valence-corrected chi connectivity index (χ2v) is 4.29. The molecule has 0 aliphatic carbocycles. The van der Waals surface area contributed by atoms with Gasteiger partial charge in [-0.3, -0.25) is 4.79 Å². The van der Waals surface area contributed by atoms with Gasteiger partial charge in [-0.2, -0.15) is 11.8 Å². The number of carbonyl (C=O) groups is 1. The molecule has 0 aromatic heterocycles. The molecule has 0 bridgehead atoms. The number of hydrogen-bond donors (Lipinski definition) is 0. The standard InChI is InChI=1S/C9H18OS/c1-4-5-11-7-9(10)6-8(2)3/h8H,4-7H2,1-3H3. The second-order valence-electron chi connectivity index (χ2n) is 3.19. The van der Waals surface area contributed by atoms with Crippen LogP contribution in [0.5, 0.6) is 0 Å². The van der Waals surface area contributed by atoms with E-state index >= 15 is 0 Å². The highest BCUT2D eigenvalue weighted by Crippen LogP contribution is 2.07. The van der Waals surface area contributed by atoms with Crippen molar-refractivity contribution in [3.63, 3.8) is 0 Å². The molecule has 0 rings (SSSR count). The van der Waals surface area contributed by atoms with Gasteiger partial charge in [-0.25, -0.2) is 0 Å². The number of thioether (sulfide) groups is 1. The molecule has 0 radical (unpaired) electrons. The van der Waals surface area contributed by atoms with Crippen LogP contribution < -0.4 is 0 Å². The first-order valence-electron chi connectivity index (χ1n) is 4.26. The molecule has 66 valence electrons. The molecule has 0 saturated carbocycles. The molecule has 2 heteroatoms. The van der Waals surface area contributed by atoms with E-state index in [-0.39, 0.29) is 0 Å². The topological polar surface area (TPSA) is 17.1 Å². The summed E-state index contributed by atoms with van der Waals surface area (Å²) < 4.78 is 0. The van der Waals surface area contributed by atoms with Gasteiger partial charge in [-0.05, 0) is 18.1 Å². The lowest BCUT2D eigenvalue weighted by Crippen LogP contribution is -2.05. The Hall–Kier alpha value is 0.0200. The van der Waals surface area contributed by atoms with Crippen LogP contribution in [0.3, 0.4) is 0 Å². The number of hydrogen-bond acceptors (Lipinski definition) is 2. The Morgan fingerprint density at radius 2 is 2.09 bits per heavy atom. The van der Waals surface area contributed by atoms with Crippen LogP contribution >= 0.6 is 11.8 Å². The maximum Gasteiger partial charge on any atom is 0.142 e. The summed E-state index contributed by atoms with van der Waals surface area (Å²) >= 11 is 1.75. The highest BCUT2D eigenvalue weighted by Gasteiger charge is 2.03. The first-order chi connectivity index (χ1) is 5.16. The average molecular weight is 174 g/mol. The average Bonchev–Trinajstić information content (AvgIpc) is 1.86. The van der Waals surface area contributed by atoms with Gasteiger partial charge in [-0.15, -0.1) is 0 Å². The molecule has 0 spiro atoms. The van der Waals surface area contributed by atoms with Crippen LogP contribution in [0.2, 0.25) is 0 Å². The van der Waals surface area contributed by atoms with E-state index in [0.717, 1.165) is 12.2 Å². The minimum atomic E-state index is 0.401. The number of carbonyl (C=O) groups excluding carboxylic acids is 1. The lowest BCUT2D eigenvalue weighted by Gasteiger charge is -2.02. The van der Waals surface area contributed by atoms with Crippen LogP contribution in [0.1, 0.15) is 33.6 Å². The Balaban J connectivity index is 3.23. The van der Waals surface area contributed by atoms with Crippen LogP contribution in [0.25, 0.3) is 0 Å². The van der Waals surface area contributed by atoms with E-state index in [1.165, 1.54) is 6.42 Å². The first-order valence-corrected chi connectivity index (χ1v) is 5.41. The third kappa shape index (κ3) is 7.92. The summed E-state index contributed by atoms with van der Waals surface area (Å²) in [4.78, 5) is 11.1. The van der Waals surface area contributed by atoms with Crippen LogP contribution in [0, 0.1) is 5.92 Å². The third-order valence-corrected chi connectivity index (χ3v) is 2.47. The molecule has 0 unspecified atom stereocenters. The lowest BCUT2D eigenvalue weighted by molar-refractivity contribution is -0.117. The lowest BCUT2D eigenvalue weighted by atomic mass is 10.1. The fourth-order valence-corrected chi connectivity index (χ4v) is 1.62. The Labute approximate surface area is 73.9 Å². The quantitative estimate of drug-likeness (QED) is 0.576. The van der Waals surface area contributed by atoms with Crippen LogP contribution in [0.4, 0.5) is 0 Å². The van der Waals surface area contributed by atoms with Crippen LogP contribution in [-0.2, 0) is 4.79 Å². The number of ketones is 1. The van der Waals surface area contributed by atoms with Gasteiger partial charge in [0.05, 0.1) is 5.75 Å². The molecule has 0 amide bonds. The van der Waals surface area contributed by atoms with E-state index in [0.29, 0.717) is 17.5 Å². The third-order valence-electron chi connectivity index (χ3n) is 1.25. The summed E-state index contributed by atoms with van der Waals surface area (Å²) in [6, 6.07) is 0. The van der Waals surface area contributed by atoms with Crippen molar-refractivity contribution in [3.8, 4) is 0 Å². The molecule has 1 nitrogen and oxygen atoms in total. The largest absolute Gasteiger partial charge is 0.299 e. The van der Waals surface area contributed by atoms with Crippen molar-refractivity contribution in [1.29, 1.82) is 0 Å². The molecule has 0 N–H and O–H groups in total. The van der Waals surface area contributed by atoms with Crippen LogP contribution in [-0.4, -0.2) is 17.3 Å². The summed E-state index contributed by atoms with van der Waals surface area (Å²) in [5.74, 6) is 2.75. The molecular formula is C9H18OS. The van der Waals surface area contributed by atoms with E-state index in [4.69, 9.17) is 0 Å². The van der Waals surface area contributed by atoms with Crippen molar-refractivity contribution in [1.82, 2.24) is 0 Å². The molecule has 11 heavy (non-hydrogen) atoms. The van der Waals surface area contributed by atoms with E-state index in [1.54, 1.807) is 11.8 Å². The zero-order valence-corrected chi connectivity index (χ0v) is 8.54. The van der Waals surface area contributed by atoms with Crippen molar-refractivity contribution in [2.24, 2.45) is 5.92 Å². The summed E-state index contributed by atoms with van der Waals surface area (Å²) in [5.41, 5.74) is 0. The van der Waals surface area contributed by atoms with E-state index in [2.05, 4.69) is 20.8 Å². The minimum Gasteiger partial charge on any atom is -0.299 e. The summed E-state index contributed by atoms with van der Waals surface area (Å²) in [5, 5.41) is 0. The van der Waals surface area contributed by atoms with Crippen LogP contribution in [0.15, 0.2) is 0 Å². The predicted molar refractivity (Wildman–Crippen MR) is 52.1 cm³/mol. The molecule has 0 aromatic carbocycles. The van der Waals surface area contributed by atoms with Crippen molar-refractivity contribution in [3.05, 3.63) is 0 Å². The smallest absolute Gasteiger partial charge is 0.142 e. The van der Waals surface area contributed by atoms with Gasteiger partial charge < -0.3 is 0 Å². The number of rotatable bonds is 6. The molecule has 0 aliphatic heterocycles. The molecule has 0 saturated heterocycles. The van der Waals surface area contributed by atoms with E-state index in [9.17, 15) is 4.79 Å². The minimum absolute atomic E-state index is 0.401. The SMILES string of the molecule is CCCSCC(=O)CC(C)C. The molecule has 0 fully saturated rings. The van der Waals surface area contributed by atoms with Gasteiger partial charge >= 0.3 is 0 Å². The maximum atomic E-state index is 11.1. The second kappa shape index (κ2) is 6.71. The molecular weight excluding hydrogens is 156 g/mol. The van der Waals surface area contributed by atoms with Gasteiger partial charge in [0.15, 0.2) is 0 Å². The Kier molecular flexibility index (Phi) is 6.73. The fourth-order valence-electron chi connectivity index (χ4n) is 0.845. The summed E-state index contributed by atoms with van der Waals surface area (Å²) in [6.07, 6.45) is 1.91. The Morgan fingerprint density at radius 1 is 1.45 bits per heavy atom. The van der Waals surface area contributed by atoms with E-state index in [1.807, 2.05) is 0 Å². The van der Waals surface area contributed by atoms with Gasteiger partial charge in [0.1, 0.15) is 5.78 Å². The van der Waals surface area contributed by atoms with E-state index < -0.39 is 0 Å². The Bertz CT molecular complexity index is 110. The predicted octanol–water partition coefficient (Wildman–Crippen LogP) is 2.74. The van der Waals surface area contributed by atoms with Gasteiger partial charge in [0.2, 0.25) is 0 Å². The van der Waals surface area contributed by atoms with Crippen molar-refractivity contribution in [2.75, 3.05) is 11.5 Å². The highest BCUT2D eigenvalue weighted by molar-refractivity contribution is 7.99. The van der Waals surface area contributed by atoms with Gasteiger partial charge in [-0.1, -0.05) is 20.8 Å².